The van der Waals surface area contributed by atoms with Crippen LogP contribution in [0.25, 0.3) is 90.9 Å². The highest BCUT2D eigenvalue weighted by molar-refractivity contribution is 6.02. The zero-order valence-electron chi connectivity index (χ0n) is 36.7. The van der Waals surface area contributed by atoms with Crippen molar-refractivity contribution in [3.05, 3.63) is 120 Å². The highest BCUT2D eigenvalue weighted by Gasteiger charge is 2.24. The average molecular weight is 855 g/mol. The minimum atomic E-state index is 0.611. The monoisotopic (exact) mass is 854 g/mol. The predicted molar refractivity (Wildman–Crippen MR) is 253 cm³/mol. The van der Waals surface area contributed by atoms with Gasteiger partial charge in [0.1, 0.15) is 46.0 Å². The van der Waals surface area contributed by atoms with Gasteiger partial charge in [-0.25, -0.2) is 9.97 Å². The number of rotatable bonds is 12. The first-order valence-electron chi connectivity index (χ1n) is 20.4. The molecule has 0 amide bonds. The van der Waals surface area contributed by atoms with Crippen LogP contribution in [0.1, 0.15) is 22.8 Å². The zero-order valence-corrected chi connectivity index (χ0v) is 36.7. The summed E-state index contributed by atoms with van der Waals surface area (Å²) in [6.45, 7) is 0. The number of hydrogen-bond acceptors (Lipinski definition) is 10. The van der Waals surface area contributed by atoms with Crippen molar-refractivity contribution in [1.29, 1.82) is 0 Å². The molecule has 5 heterocycles. The fourth-order valence-corrected chi connectivity index (χ4v) is 8.36. The molecule has 8 bridgehead atoms. The van der Waals surface area contributed by atoms with E-state index in [1.54, 1.807) is 56.9 Å². The van der Waals surface area contributed by atoms with Crippen molar-refractivity contribution in [3.63, 3.8) is 0 Å². The topological polar surface area (TPSA) is 131 Å². The largest absolute Gasteiger partial charge is 0.497 e. The van der Waals surface area contributed by atoms with E-state index in [2.05, 4.69) is 9.97 Å². The quantitative estimate of drug-likeness (QED) is 0.122. The normalized spacial score (nSPS) is 11.6. The van der Waals surface area contributed by atoms with Gasteiger partial charge in [0.25, 0.3) is 0 Å². The van der Waals surface area contributed by atoms with E-state index in [1.807, 2.05) is 121 Å². The predicted octanol–water partition coefficient (Wildman–Crippen LogP) is 11.4. The molecule has 7 aromatic rings. The van der Waals surface area contributed by atoms with Crippen LogP contribution in [-0.4, -0.2) is 76.8 Å². The third kappa shape index (κ3) is 7.28. The third-order valence-electron chi connectivity index (χ3n) is 11.5. The molecule has 2 aliphatic rings. The second kappa shape index (κ2) is 17.3. The zero-order chi connectivity index (χ0) is 44.5. The van der Waals surface area contributed by atoms with E-state index in [4.69, 9.17) is 47.9 Å². The number of hydrogen-bond donors (Lipinski definition) is 2. The number of nitrogens with one attached hydrogen (secondary N) is 2. The molecule has 3 aromatic heterocycles. The minimum absolute atomic E-state index is 0.611. The molecular formula is C52H46N4O8. The number of benzene rings is 4. The van der Waals surface area contributed by atoms with Crippen LogP contribution in [-0.2, 0) is 0 Å². The highest BCUT2D eigenvalue weighted by atomic mass is 16.5. The first kappa shape index (κ1) is 41.2. The van der Waals surface area contributed by atoms with Crippen molar-refractivity contribution in [1.82, 2.24) is 19.9 Å². The summed E-state index contributed by atoms with van der Waals surface area (Å²) >= 11 is 0. The van der Waals surface area contributed by atoms with Gasteiger partial charge in [-0.2, -0.15) is 0 Å². The lowest BCUT2D eigenvalue weighted by molar-refractivity contribution is 0.395. The lowest BCUT2D eigenvalue weighted by atomic mass is 10.0. The first-order valence-corrected chi connectivity index (χ1v) is 20.4. The molecule has 0 unspecified atom stereocenters. The van der Waals surface area contributed by atoms with Gasteiger partial charge in [0.2, 0.25) is 0 Å². The van der Waals surface area contributed by atoms with Crippen molar-refractivity contribution >= 4 is 46.4 Å². The van der Waals surface area contributed by atoms with E-state index in [-0.39, 0.29) is 0 Å². The van der Waals surface area contributed by atoms with Gasteiger partial charge in [0.15, 0.2) is 0 Å². The Morgan fingerprint density at radius 2 is 0.531 bits per heavy atom. The standard InChI is InChI=1S/C52H46N4O8/c1-57-29-9-13-33(45(25-29)61-5)49-37-17-19-39(53-37)50(34-14-10-30(58-2)26-46(34)62-6)41-21-23-43(55-41)52(36-16-12-32(60-4)28-48(36)64-8)44-24-22-42(56-44)51(40-20-18-38(49)54-40)35-15-11-31(59-3)27-47(35)63-7/h9-28,53,56H,1-8H3. The molecule has 0 fully saturated rings. The van der Waals surface area contributed by atoms with Gasteiger partial charge >= 0.3 is 0 Å². The van der Waals surface area contributed by atoms with Gasteiger partial charge < -0.3 is 47.9 Å². The summed E-state index contributed by atoms with van der Waals surface area (Å²) in [5.41, 5.74) is 12.4. The number of H-pyrrole nitrogens is 2. The van der Waals surface area contributed by atoms with E-state index in [1.165, 1.54) is 0 Å². The van der Waals surface area contributed by atoms with Crippen LogP contribution in [0.15, 0.2) is 97.1 Å². The number of fused-ring (bicyclic) bond motifs is 8. The summed E-state index contributed by atoms with van der Waals surface area (Å²) < 4.78 is 46.6. The summed E-state index contributed by atoms with van der Waals surface area (Å²) in [6, 6.07) is 31.3. The van der Waals surface area contributed by atoms with Crippen molar-refractivity contribution in [2.45, 2.75) is 0 Å². The summed E-state index contributed by atoms with van der Waals surface area (Å²) in [4.78, 5) is 18.4. The van der Waals surface area contributed by atoms with Crippen LogP contribution in [0.2, 0.25) is 0 Å². The van der Waals surface area contributed by atoms with Gasteiger partial charge in [0.05, 0.1) is 79.7 Å². The summed E-state index contributed by atoms with van der Waals surface area (Å²) in [5.74, 6) is 5.08. The molecule has 322 valence electrons. The van der Waals surface area contributed by atoms with Gasteiger partial charge in [-0.05, 0) is 97.1 Å². The van der Waals surface area contributed by atoms with E-state index >= 15 is 0 Å². The fraction of sp³-hybridized carbons (Fsp3) is 0.154. The molecule has 9 rings (SSSR count). The molecule has 4 aromatic carbocycles. The third-order valence-corrected chi connectivity index (χ3v) is 11.5. The summed E-state index contributed by atoms with van der Waals surface area (Å²) in [7, 11) is 13.1. The van der Waals surface area contributed by atoms with E-state index in [0.29, 0.717) is 68.8 Å². The lowest BCUT2D eigenvalue weighted by Crippen LogP contribution is -1.95. The number of aromatic amines is 2. The van der Waals surface area contributed by atoms with Gasteiger partial charge in [-0.3, -0.25) is 0 Å². The maximum Gasteiger partial charge on any atom is 0.130 e. The first-order chi connectivity index (χ1) is 31.3. The smallest absolute Gasteiger partial charge is 0.130 e. The summed E-state index contributed by atoms with van der Waals surface area (Å²) in [5, 5.41) is 0. The lowest BCUT2D eigenvalue weighted by Gasteiger charge is -2.13. The number of methoxy groups -OCH3 is 8. The van der Waals surface area contributed by atoms with Crippen LogP contribution in [0, 0.1) is 0 Å². The molecule has 0 spiro atoms. The van der Waals surface area contributed by atoms with Crippen molar-refractivity contribution in [2.24, 2.45) is 0 Å². The minimum Gasteiger partial charge on any atom is -0.497 e. The molecular weight excluding hydrogens is 809 g/mol. The molecule has 64 heavy (non-hydrogen) atoms. The SMILES string of the molecule is COc1ccc(-c2c3nc(c(-c4ccc(OC)cc4OC)c4ccc([nH]4)c(-c4ccc(OC)cc4OC)c4nc(c(-c5ccc(OC)cc5OC)c5ccc2[nH]5)C=C4)C=C3)c(OC)c1. The molecule has 2 aliphatic heterocycles. The maximum atomic E-state index is 6.03. The fourth-order valence-electron chi connectivity index (χ4n) is 8.36. The van der Waals surface area contributed by atoms with Crippen LogP contribution >= 0.6 is 0 Å². The molecule has 2 N–H and O–H groups in total. The Morgan fingerprint density at radius 1 is 0.297 bits per heavy atom. The van der Waals surface area contributed by atoms with Crippen LogP contribution in [0.4, 0.5) is 0 Å². The van der Waals surface area contributed by atoms with Gasteiger partial charge in [0, 0.05) is 90.8 Å². The molecule has 12 heteroatoms. The molecule has 0 saturated carbocycles. The van der Waals surface area contributed by atoms with Crippen molar-refractivity contribution < 1.29 is 37.9 Å². The van der Waals surface area contributed by atoms with Crippen LogP contribution < -0.4 is 37.9 Å². The van der Waals surface area contributed by atoms with E-state index in [9.17, 15) is 0 Å². The van der Waals surface area contributed by atoms with Crippen molar-refractivity contribution in [2.75, 3.05) is 56.9 Å². The number of nitrogens with zero attached hydrogens (tertiary/aromatic N) is 2. The second-order valence-electron chi connectivity index (χ2n) is 14.8. The average Bonchev–Trinajstić information content (AvgIpc) is 4.20. The van der Waals surface area contributed by atoms with Crippen molar-refractivity contribution in [3.8, 4) is 90.5 Å². The Kier molecular flexibility index (Phi) is 11.2. The number of ether oxygens (including phenoxy) is 8. The molecule has 0 atom stereocenters. The molecule has 0 aliphatic carbocycles. The van der Waals surface area contributed by atoms with Gasteiger partial charge in [-0.15, -0.1) is 0 Å². The Morgan fingerprint density at radius 3 is 0.734 bits per heavy atom. The molecule has 12 nitrogen and oxygen atoms in total. The Balaban J connectivity index is 1.50. The van der Waals surface area contributed by atoms with Gasteiger partial charge in [-0.1, -0.05) is 0 Å². The molecule has 0 saturated heterocycles. The van der Waals surface area contributed by atoms with E-state index < -0.39 is 0 Å². The summed E-state index contributed by atoms with van der Waals surface area (Å²) in [6.07, 6.45) is 8.09. The Labute approximate surface area is 370 Å². The van der Waals surface area contributed by atoms with E-state index in [0.717, 1.165) is 66.6 Å². The van der Waals surface area contributed by atoms with Crippen LogP contribution in [0.3, 0.4) is 0 Å². The van der Waals surface area contributed by atoms with Crippen LogP contribution in [0.5, 0.6) is 46.0 Å². The highest BCUT2D eigenvalue weighted by Crippen LogP contribution is 2.45. The molecule has 0 radical (unpaired) electrons. The Hall–Kier alpha value is -8.12. The number of aromatic nitrogens is 4. The second-order valence-corrected chi connectivity index (χ2v) is 14.8. The Bertz CT molecular complexity index is 2770. The maximum absolute atomic E-state index is 6.03.